The number of benzene rings is 2. The van der Waals surface area contributed by atoms with Crippen molar-refractivity contribution in [2.45, 2.75) is 17.3 Å². The van der Waals surface area contributed by atoms with Crippen LogP contribution in [-0.4, -0.2) is 5.11 Å². The minimum atomic E-state index is 0.0279. The van der Waals surface area contributed by atoms with E-state index in [9.17, 15) is 5.11 Å². The van der Waals surface area contributed by atoms with Crippen LogP contribution in [0.15, 0.2) is 47.4 Å². The number of halogens is 2. The molecule has 0 atom stereocenters. The third-order valence-electron chi connectivity index (χ3n) is 2.51. The smallest absolute Gasteiger partial charge is 0.0692 e. The topological polar surface area (TPSA) is 20.2 Å². The van der Waals surface area contributed by atoms with E-state index in [0.717, 1.165) is 21.2 Å². The standard InChI is InChI=1S/C14H12Cl2OS/c15-12-4-1-10(2-5-12)9-18-14-7-13(16)6-3-11(14)8-17/h1-7,17H,8-9H2. The Labute approximate surface area is 121 Å². The maximum Gasteiger partial charge on any atom is 0.0692 e. The zero-order valence-corrected chi connectivity index (χ0v) is 11.9. The van der Waals surface area contributed by atoms with Gasteiger partial charge < -0.3 is 5.11 Å². The fourth-order valence-corrected chi connectivity index (χ4v) is 2.94. The Hall–Kier alpha value is -0.670. The molecule has 0 spiro atoms. The van der Waals surface area contributed by atoms with Gasteiger partial charge in [0.2, 0.25) is 0 Å². The van der Waals surface area contributed by atoms with Crippen molar-refractivity contribution in [3.05, 3.63) is 63.6 Å². The van der Waals surface area contributed by atoms with Crippen LogP contribution < -0.4 is 0 Å². The summed E-state index contributed by atoms with van der Waals surface area (Å²) in [6.45, 7) is 0.0279. The molecule has 0 saturated carbocycles. The van der Waals surface area contributed by atoms with Gasteiger partial charge in [0.25, 0.3) is 0 Å². The van der Waals surface area contributed by atoms with E-state index < -0.39 is 0 Å². The lowest BCUT2D eigenvalue weighted by atomic mass is 10.2. The molecule has 0 amide bonds. The van der Waals surface area contributed by atoms with Gasteiger partial charge >= 0.3 is 0 Å². The molecule has 18 heavy (non-hydrogen) atoms. The van der Waals surface area contributed by atoms with E-state index >= 15 is 0 Å². The van der Waals surface area contributed by atoms with Gasteiger partial charge in [-0.15, -0.1) is 11.8 Å². The Kier molecular flexibility index (Phi) is 4.95. The van der Waals surface area contributed by atoms with E-state index in [1.165, 1.54) is 5.56 Å². The lowest BCUT2D eigenvalue weighted by Crippen LogP contribution is -1.88. The maximum atomic E-state index is 9.27. The van der Waals surface area contributed by atoms with Crippen LogP contribution in [0.2, 0.25) is 10.0 Å². The maximum absolute atomic E-state index is 9.27. The van der Waals surface area contributed by atoms with Gasteiger partial charge in [0.1, 0.15) is 0 Å². The number of hydrogen-bond acceptors (Lipinski definition) is 2. The summed E-state index contributed by atoms with van der Waals surface area (Å²) in [5, 5.41) is 10.7. The second-order valence-corrected chi connectivity index (χ2v) is 5.72. The Morgan fingerprint density at radius 1 is 0.944 bits per heavy atom. The molecule has 0 bridgehead atoms. The molecule has 0 unspecified atom stereocenters. The van der Waals surface area contributed by atoms with Crippen LogP contribution in [0.1, 0.15) is 11.1 Å². The van der Waals surface area contributed by atoms with Crippen LogP contribution in [-0.2, 0) is 12.4 Å². The summed E-state index contributed by atoms with van der Waals surface area (Å²) >= 11 is 13.5. The SMILES string of the molecule is OCc1ccc(Cl)cc1SCc1ccc(Cl)cc1. The van der Waals surface area contributed by atoms with Gasteiger partial charge in [-0.2, -0.15) is 0 Å². The monoisotopic (exact) mass is 298 g/mol. The van der Waals surface area contributed by atoms with Gasteiger partial charge in [-0.25, -0.2) is 0 Å². The van der Waals surface area contributed by atoms with Crippen molar-refractivity contribution in [2.75, 3.05) is 0 Å². The van der Waals surface area contributed by atoms with E-state index in [0.29, 0.717) is 5.02 Å². The summed E-state index contributed by atoms with van der Waals surface area (Å²) in [6, 6.07) is 13.3. The van der Waals surface area contributed by atoms with Crippen molar-refractivity contribution in [1.29, 1.82) is 0 Å². The average Bonchev–Trinajstić information content (AvgIpc) is 2.38. The average molecular weight is 299 g/mol. The normalized spacial score (nSPS) is 10.6. The molecule has 4 heteroatoms. The zero-order chi connectivity index (χ0) is 13.0. The van der Waals surface area contributed by atoms with Crippen molar-refractivity contribution in [2.24, 2.45) is 0 Å². The van der Waals surface area contributed by atoms with E-state index in [2.05, 4.69) is 0 Å². The van der Waals surface area contributed by atoms with Crippen LogP contribution in [0, 0.1) is 0 Å². The Bertz CT molecular complexity index is 526. The van der Waals surface area contributed by atoms with E-state index in [1.54, 1.807) is 17.8 Å². The van der Waals surface area contributed by atoms with Crippen LogP contribution in [0.25, 0.3) is 0 Å². The number of thioether (sulfide) groups is 1. The van der Waals surface area contributed by atoms with E-state index in [1.807, 2.05) is 36.4 Å². The van der Waals surface area contributed by atoms with Crippen LogP contribution in [0.5, 0.6) is 0 Å². The molecule has 0 heterocycles. The quantitative estimate of drug-likeness (QED) is 0.820. The van der Waals surface area contributed by atoms with Crippen LogP contribution >= 0.6 is 35.0 Å². The van der Waals surface area contributed by atoms with Crippen molar-refractivity contribution in [3.8, 4) is 0 Å². The second kappa shape index (κ2) is 6.48. The molecule has 2 aromatic carbocycles. The van der Waals surface area contributed by atoms with Crippen molar-refractivity contribution in [3.63, 3.8) is 0 Å². The third kappa shape index (κ3) is 3.66. The van der Waals surface area contributed by atoms with Crippen molar-refractivity contribution in [1.82, 2.24) is 0 Å². The van der Waals surface area contributed by atoms with Crippen LogP contribution in [0.4, 0.5) is 0 Å². The molecule has 1 nitrogen and oxygen atoms in total. The lowest BCUT2D eigenvalue weighted by molar-refractivity contribution is 0.279. The largest absolute Gasteiger partial charge is 0.392 e. The molecule has 0 aliphatic heterocycles. The highest BCUT2D eigenvalue weighted by molar-refractivity contribution is 7.98. The first-order chi connectivity index (χ1) is 8.69. The molecule has 0 aliphatic rings. The lowest BCUT2D eigenvalue weighted by Gasteiger charge is -2.07. The highest BCUT2D eigenvalue weighted by Gasteiger charge is 2.04. The molecular weight excluding hydrogens is 287 g/mol. The summed E-state index contributed by atoms with van der Waals surface area (Å²) in [7, 11) is 0. The number of aliphatic hydroxyl groups is 1. The number of aliphatic hydroxyl groups excluding tert-OH is 1. The minimum absolute atomic E-state index is 0.0279. The second-order valence-electron chi connectivity index (χ2n) is 3.83. The molecule has 94 valence electrons. The Balaban J connectivity index is 2.09. The predicted octanol–water partition coefficient (Wildman–Crippen LogP) is 4.78. The fourth-order valence-electron chi connectivity index (χ4n) is 1.54. The van der Waals surface area contributed by atoms with Gasteiger partial charge in [-0.3, -0.25) is 0 Å². The summed E-state index contributed by atoms with van der Waals surface area (Å²) in [5.41, 5.74) is 2.09. The van der Waals surface area contributed by atoms with Crippen molar-refractivity contribution >= 4 is 35.0 Å². The Morgan fingerprint density at radius 2 is 1.61 bits per heavy atom. The van der Waals surface area contributed by atoms with E-state index in [4.69, 9.17) is 23.2 Å². The number of hydrogen-bond donors (Lipinski definition) is 1. The first-order valence-electron chi connectivity index (χ1n) is 5.45. The van der Waals surface area contributed by atoms with Gasteiger partial charge in [0, 0.05) is 20.7 Å². The first-order valence-corrected chi connectivity index (χ1v) is 7.20. The third-order valence-corrected chi connectivity index (χ3v) is 4.16. The molecule has 0 aliphatic carbocycles. The molecule has 2 rings (SSSR count). The first kappa shape index (κ1) is 13.8. The van der Waals surface area contributed by atoms with Gasteiger partial charge in [-0.1, -0.05) is 41.4 Å². The van der Waals surface area contributed by atoms with Gasteiger partial charge in [0.15, 0.2) is 0 Å². The highest BCUT2D eigenvalue weighted by atomic mass is 35.5. The van der Waals surface area contributed by atoms with Gasteiger partial charge in [0.05, 0.1) is 6.61 Å². The van der Waals surface area contributed by atoms with Gasteiger partial charge in [-0.05, 0) is 35.4 Å². The highest BCUT2D eigenvalue weighted by Crippen LogP contribution is 2.29. The minimum Gasteiger partial charge on any atom is -0.392 e. The Morgan fingerprint density at radius 3 is 2.28 bits per heavy atom. The molecule has 0 radical (unpaired) electrons. The molecule has 0 fully saturated rings. The molecule has 0 saturated heterocycles. The zero-order valence-electron chi connectivity index (χ0n) is 9.57. The molecular formula is C14H12Cl2OS. The molecule has 1 N–H and O–H groups in total. The number of rotatable bonds is 4. The molecule has 0 aromatic heterocycles. The van der Waals surface area contributed by atoms with Crippen molar-refractivity contribution < 1.29 is 5.11 Å². The fraction of sp³-hybridized carbons (Fsp3) is 0.143. The molecule has 2 aromatic rings. The summed E-state index contributed by atoms with van der Waals surface area (Å²) in [4.78, 5) is 1.01. The summed E-state index contributed by atoms with van der Waals surface area (Å²) < 4.78 is 0. The summed E-state index contributed by atoms with van der Waals surface area (Å²) in [6.07, 6.45) is 0. The summed E-state index contributed by atoms with van der Waals surface area (Å²) in [5.74, 6) is 0.824. The van der Waals surface area contributed by atoms with Crippen LogP contribution in [0.3, 0.4) is 0 Å². The van der Waals surface area contributed by atoms with E-state index in [-0.39, 0.29) is 6.61 Å². The predicted molar refractivity (Wildman–Crippen MR) is 78.4 cm³/mol.